The van der Waals surface area contributed by atoms with E-state index >= 15 is 0 Å². The summed E-state index contributed by atoms with van der Waals surface area (Å²) < 4.78 is -0.337. The molecule has 0 aromatic carbocycles. The van der Waals surface area contributed by atoms with Gasteiger partial charge in [0.1, 0.15) is 5.97 Å². The molecule has 17 heavy (non-hydrogen) atoms. The highest BCUT2D eigenvalue weighted by molar-refractivity contribution is 8.16. The van der Waals surface area contributed by atoms with Crippen LogP contribution < -0.4 is 5.11 Å². The molecule has 0 aromatic rings. The van der Waals surface area contributed by atoms with Crippen molar-refractivity contribution >= 4 is 22.8 Å². The summed E-state index contributed by atoms with van der Waals surface area (Å²) in [6, 6.07) is 0. The van der Waals surface area contributed by atoms with Gasteiger partial charge in [-0.3, -0.25) is 4.79 Å². The maximum absolute atomic E-state index is 11.4. The van der Waals surface area contributed by atoms with Gasteiger partial charge in [-0.2, -0.15) is 0 Å². The zero-order valence-corrected chi connectivity index (χ0v) is 10.3. The van der Waals surface area contributed by atoms with Gasteiger partial charge < -0.3 is 15.0 Å². The third-order valence-corrected chi connectivity index (χ3v) is 5.72. The number of aliphatic hydroxyl groups is 1. The van der Waals surface area contributed by atoms with Gasteiger partial charge in [-0.05, 0) is 50.4 Å². The smallest absolute Gasteiger partial charge is 0.235 e. The monoisotopic (exact) mass is 255 g/mol. The van der Waals surface area contributed by atoms with E-state index in [0.29, 0.717) is 18.3 Å². The Hall–Kier alpha value is -0.550. The normalized spacial score (nSPS) is 47.1. The van der Waals surface area contributed by atoms with Crippen molar-refractivity contribution in [3.05, 3.63) is 0 Å². The SMILES string of the molecule is O=C([O-])C(=O)SC12CC3CC(CC(O)(C3)C1)C2. The maximum atomic E-state index is 11.4. The summed E-state index contributed by atoms with van der Waals surface area (Å²) in [6.07, 6.45) is 5.09. The van der Waals surface area contributed by atoms with E-state index in [4.69, 9.17) is 0 Å². The average Bonchev–Trinajstić information content (AvgIpc) is 2.11. The highest BCUT2D eigenvalue weighted by atomic mass is 32.2. The number of carbonyl (C=O) groups is 2. The van der Waals surface area contributed by atoms with Gasteiger partial charge in [0.05, 0.1) is 5.60 Å². The number of rotatable bonds is 1. The predicted molar refractivity (Wildman–Crippen MR) is 60.0 cm³/mol. The van der Waals surface area contributed by atoms with Crippen LogP contribution in [0.25, 0.3) is 0 Å². The Morgan fingerprint density at radius 2 is 1.76 bits per heavy atom. The van der Waals surface area contributed by atoms with Gasteiger partial charge in [-0.1, -0.05) is 11.8 Å². The lowest BCUT2D eigenvalue weighted by Gasteiger charge is -2.59. The largest absolute Gasteiger partial charge is 0.541 e. The van der Waals surface area contributed by atoms with Gasteiger partial charge in [-0.15, -0.1) is 0 Å². The molecular formula is C12H15O4S-. The van der Waals surface area contributed by atoms with Crippen molar-refractivity contribution in [1.29, 1.82) is 0 Å². The molecule has 0 spiro atoms. The first-order valence-corrected chi connectivity index (χ1v) is 6.88. The first-order chi connectivity index (χ1) is 7.90. The summed E-state index contributed by atoms with van der Waals surface area (Å²) in [4.78, 5) is 21.9. The van der Waals surface area contributed by atoms with Gasteiger partial charge >= 0.3 is 0 Å². The number of carboxylic acid groups (broad SMARTS) is 1. The van der Waals surface area contributed by atoms with E-state index in [-0.39, 0.29) is 4.75 Å². The van der Waals surface area contributed by atoms with E-state index in [9.17, 15) is 19.8 Å². The Kier molecular flexibility index (Phi) is 2.36. The quantitative estimate of drug-likeness (QED) is 0.671. The molecule has 4 bridgehead atoms. The number of hydrogen-bond donors (Lipinski definition) is 1. The van der Waals surface area contributed by atoms with Gasteiger partial charge in [0.2, 0.25) is 5.12 Å². The molecule has 4 saturated carbocycles. The van der Waals surface area contributed by atoms with Crippen molar-refractivity contribution < 1.29 is 19.8 Å². The van der Waals surface area contributed by atoms with Crippen LogP contribution in [0, 0.1) is 11.8 Å². The van der Waals surface area contributed by atoms with Gasteiger partial charge in [-0.25, -0.2) is 0 Å². The predicted octanol–water partition coefficient (Wildman–Crippen LogP) is 0.0798. The van der Waals surface area contributed by atoms with Gasteiger partial charge in [0.15, 0.2) is 0 Å². The molecule has 4 aliphatic rings. The molecular weight excluding hydrogens is 240 g/mol. The third kappa shape index (κ3) is 1.89. The fraction of sp³-hybridized carbons (Fsp3) is 0.833. The van der Waals surface area contributed by atoms with Gasteiger partial charge in [0.25, 0.3) is 0 Å². The molecule has 0 saturated heterocycles. The molecule has 4 nitrogen and oxygen atoms in total. The fourth-order valence-electron chi connectivity index (χ4n) is 4.49. The minimum absolute atomic E-state index is 0.337. The minimum atomic E-state index is -1.61. The average molecular weight is 255 g/mol. The van der Waals surface area contributed by atoms with Crippen LogP contribution in [0.1, 0.15) is 38.5 Å². The van der Waals surface area contributed by atoms with E-state index in [0.717, 1.165) is 43.9 Å². The lowest BCUT2D eigenvalue weighted by Crippen LogP contribution is -2.58. The summed E-state index contributed by atoms with van der Waals surface area (Å²) in [5.74, 6) is -0.690. The van der Waals surface area contributed by atoms with E-state index in [2.05, 4.69) is 0 Å². The summed E-state index contributed by atoms with van der Waals surface area (Å²) in [7, 11) is 0. The second-order valence-corrected chi connectivity index (χ2v) is 7.49. The Labute approximate surface area is 104 Å². The first kappa shape index (κ1) is 11.5. The molecule has 4 aliphatic carbocycles. The van der Waals surface area contributed by atoms with Crippen LogP contribution >= 0.6 is 11.8 Å². The number of hydrogen-bond acceptors (Lipinski definition) is 5. The van der Waals surface area contributed by atoms with Crippen LogP contribution in [0.5, 0.6) is 0 Å². The second kappa shape index (κ2) is 3.48. The fourth-order valence-corrected chi connectivity index (χ4v) is 5.94. The minimum Gasteiger partial charge on any atom is -0.541 e. The van der Waals surface area contributed by atoms with Crippen LogP contribution in [-0.2, 0) is 9.59 Å². The molecule has 0 heterocycles. The molecule has 2 unspecified atom stereocenters. The standard InChI is InChI=1S/C12H16O4S/c13-9(14)10(15)17-12-4-7-1-8(5-12)3-11(16,2-7)6-12/h7-8,16H,1-6H2,(H,13,14)/p-1. The van der Waals surface area contributed by atoms with E-state index in [1.54, 1.807) is 0 Å². The Morgan fingerprint density at radius 1 is 1.18 bits per heavy atom. The molecule has 2 atom stereocenters. The van der Waals surface area contributed by atoms with E-state index in [1.165, 1.54) is 0 Å². The molecule has 4 rings (SSSR count). The number of aliphatic carboxylic acids is 1. The topological polar surface area (TPSA) is 77.4 Å². The van der Waals surface area contributed by atoms with Crippen LogP contribution in [0.2, 0.25) is 0 Å². The molecule has 0 aromatic heterocycles. The van der Waals surface area contributed by atoms with Crippen molar-refractivity contribution in [2.45, 2.75) is 48.9 Å². The number of thioether (sulfide) groups is 1. The molecule has 0 aliphatic heterocycles. The first-order valence-electron chi connectivity index (χ1n) is 6.07. The molecule has 5 heteroatoms. The van der Waals surface area contributed by atoms with Crippen molar-refractivity contribution in [1.82, 2.24) is 0 Å². The van der Waals surface area contributed by atoms with Gasteiger partial charge in [0, 0.05) is 4.75 Å². The van der Waals surface area contributed by atoms with Crippen molar-refractivity contribution in [2.75, 3.05) is 0 Å². The molecule has 1 N–H and O–H groups in total. The highest BCUT2D eigenvalue weighted by Gasteiger charge is 2.58. The Bertz CT molecular complexity index is 378. The zero-order chi connectivity index (χ0) is 12.3. The summed E-state index contributed by atoms with van der Waals surface area (Å²) in [5.41, 5.74) is -0.650. The Morgan fingerprint density at radius 3 is 2.24 bits per heavy atom. The lowest BCUT2D eigenvalue weighted by molar-refractivity contribution is -0.298. The molecule has 0 radical (unpaired) electrons. The highest BCUT2D eigenvalue weighted by Crippen LogP contribution is 2.62. The van der Waals surface area contributed by atoms with Crippen LogP contribution in [0.4, 0.5) is 0 Å². The van der Waals surface area contributed by atoms with E-state index in [1.807, 2.05) is 0 Å². The molecule has 4 fully saturated rings. The van der Waals surface area contributed by atoms with Crippen molar-refractivity contribution in [3.8, 4) is 0 Å². The lowest BCUT2D eigenvalue weighted by atomic mass is 9.54. The third-order valence-electron chi connectivity index (χ3n) is 4.45. The van der Waals surface area contributed by atoms with Crippen LogP contribution in [-0.4, -0.2) is 26.5 Å². The number of carbonyl (C=O) groups excluding carboxylic acids is 2. The van der Waals surface area contributed by atoms with Crippen molar-refractivity contribution in [3.63, 3.8) is 0 Å². The number of carboxylic acids is 1. The van der Waals surface area contributed by atoms with Crippen molar-refractivity contribution in [2.24, 2.45) is 11.8 Å². The summed E-state index contributed by atoms with van der Waals surface area (Å²) in [6.45, 7) is 0. The summed E-state index contributed by atoms with van der Waals surface area (Å²) >= 11 is 0.903. The van der Waals surface area contributed by atoms with Crippen LogP contribution in [0.15, 0.2) is 0 Å². The molecule has 94 valence electrons. The Balaban J connectivity index is 1.83. The zero-order valence-electron chi connectivity index (χ0n) is 9.48. The maximum Gasteiger partial charge on any atom is 0.235 e. The second-order valence-electron chi connectivity index (χ2n) is 6.05. The van der Waals surface area contributed by atoms with Crippen LogP contribution in [0.3, 0.4) is 0 Å². The molecule has 0 amide bonds. The summed E-state index contributed by atoms with van der Waals surface area (Å²) in [5, 5.41) is 20.1. The van der Waals surface area contributed by atoms with E-state index < -0.39 is 16.7 Å².